The molecule has 1 heterocycles. The van der Waals surface area contributed by atoms with Gasteiger partial charge in [0.2, 0.25) is 0 Å². The number of nitrogens with zero attached hydrogens (tertiary/aromatic N) is 2. The molecule has 0 aliphatic carbocycles. The molecule has 1 aromatic heterocycles. The van der Waals surface area contributed by atoms with E-state index in [2.05, 4.69) is 4.98 Å². The van der Waals surface area contributed by atoms with Crippen LogP contribution in [-0.4, -0.2) is 27.4 Å². The van der Waals surface area contributed by atoms with Crippen LogP contribution in [-0.2, 0) is 7.05 Å². The first-order chi connectivity index (χ1) is 9.66. The lowest BCUT2D eigenvalue weighted by molar-refractivity contribution is -0.255. The lowest BCUT2D eigenvalue weighted by atomic mass is 10.1. The van der Waals surface area contributed by atoms with Crippen LogP contribution in [0.3, 0.4) is 0 Å². The van der Waals surface area contributed by atoms with Gasteiger partial charge in [-0.1, -0.05) is 30.3 Å². The topological polar surface area (TPSA) is 34.9 Å². The van der Waals surface area contributed by atoms with E-state index in [4.69, 9.17) is 0 Å². The molecule has 0 atom stereocenters. The Morgan fingerprint density at radius 2 is 1.67 bits per heavy atom. The van der Waals surface area contributed by atoms with Crippen LogP contribution in [0.25, 0.3) is 11.4 Å². The van der Waals surface area contributed by atoms with Crippen LogP contribution >= 0.6 is 0 Å². The summed E-state index contributed by atoms with van der Waals surface area (Å²) >= 11 is 0. The Bertz CT molecular complexity index is 661. The molecule has 0 radical (unpaired) electrons. The van der Waals surface area contributed by atoms with Crippen molar-refractivity contribution in [1.29, 1.82) is 0 Å². The Morgan fingerprint density at radius 1 is 1.10 bits per heavy atom. The molecule has 3 nitrogen and oxygen atoms in total. The minimum atomic E-state index is -5.94. The van der Waals surface area contributed by atoms with Crippen molar-refractivity contribution < 1.29 is 26.7 Å². The molecule has 0 unspecified atom stereocenters. The summed E-state index contributed by atoms with van der Waals surface area (Å²) in [5.74, 6) is -7.65. The molecule has 0 aliphatic heterocycles. The lowest BCUT2D eigenvalue weighted by Crippen LogP contribution is -2.44. The van der Waals surface area contributed by atoms with Gasteiger partial charge >= 0.3 is 12.1 Å². The maximum absolute atomic E-state index is 13.1. The quantitative estimate of drug-likeness (QED) is 0.643. The third kappa shape index (κ3) is 2.53. The highest BCUT2D eigenvalue weighted by Crippen LogP contribution is 2.38. The van der Waals surface area contributed by atoms with Crippen molar-refractivity contribution in [3.63, 3.8) is 0 Å². The van der Waals surface area contributed by atoms with Gasteiger partial charge in [0.05, 0.1) is 6.20 Å². The summed E-state index contributed by atoms with van der Waals surface area (Å²) < 4.78 is 63.8. The zero-order chi connectivity index (χ0) is 15.8. The molecule has 0 saturated carbocycles. The maximum Gasteiger partial charge on any atom is 0.461 e. The first-order valence-corrected chi connectivity index (χ1v) is 5.72. The van der Waals surface area contributed by atoms with E-state index in [0.717, 1.165) is 4.57 Å². The Balaban J connectivity index is 2.45. The Kier molecular flexibility index (Phi) is 3.56. The minimum Gasteiger partial charge on any atom is -0.325 e. The third-order valence-corrected chi connectivity index (χ3v) is 2.89. The molecule has 0 aliphatic rings. The number of hydrogen-bond acceptors (Lipinski definition) is 2. The average molecular weight is 304 g/mol. The van der Waals surface area contributed by atoms with E-state index in [1.807, 2.05) is 0 Å². The number of halogens is 5. The highest BCUT2D eigenvalue weighted by Gasteiger charge is 2.63. The number of carbonyl (C=O) groups excluding carboxylic acids is 1. The van der Waals surface area contributed by atoms with E-state index in [0.29, 0.717) is 11.8 Å². The van der Waals surface area contributed by atoms with Crippen molar-refractivity contribution in [3.8, 4) is 11.4 Å². The fourth-order valence-electron chi connectivity index (χ4n) is 1.77. The van der Waals surface area contributed by atoms with Gasteiger partial charge in [0.1, 0.15) is 11.5 Å². The van der Waals surface area contributed by atoms with Gasteiger partial charge in [-0.2, -0.15) is 22.0 Å². The zero-order valence-electron chi connectivity index (χ0n) is 10.7. The molecule has 0 fully saturated rings. The number of benzene rings is 1. The number of Topliss-reactive ketones (excluding diaryl/α,β-unsaturated/α-hetero) is 1. The summed E-state index contributed by atoms with van der Waals surface area (Å²) in [6.07, 6.45) is -5.23. The van der Waals surface area contributed by atoms with Crippen molar-refractivity contribution in [2.75, 3.05) is 0 Å². The Morgan fingerprint density at radius 3 is 2.19 bits per heavy atom. The number of hydrogen-bond donors (Lipinski definition) is 0. The Hall–Kier alpha value is -2.25. The SMILES string of the molecule is Cn1c(C(=O)C(F)(F)C(F)(F)F)cnc1-c1ccccc1. The van der Waals surface area contributed by atoms with Crippen LogP contribution in [0.5, 0.6) is 0 Å². The van der Waals surface area contributed by atoms with Crippen LogP contribution < -0.4 is 0 Å². The minimum absolute atomic E-state index is 0.122. The molecule has 0 spiro atoms. The summed E-state index contributed by atoms with van der Waals surface area (Å²) in [6, 6.07) is 8.19. The fraction of sp³-hybridized carbons (Fsp3) is 0.231. The lowest BCUT2D eigenvalue weighted by Gasteiger charge is -2.18. The van der Waals surface area contributed by atoms with E-state index >= 15 is 0 Å². The molecular formula is C13H9F5N2O. The largest absolute Gasteiger partial charge is 0.461 e. The van der Waals surface area contributed by atoms with Crippen LogP contribution in [0, 0.1) is 0 Å². The molecule has 2 rings (SSSR count). The van der Waals surface area contributed by atoms with Crippen LogP contribution in [0.4, 0.5) is 22.0 Å². The van der Waals surface area contributed by atoms with E-state index in [1.54, 1.807) is 30.3 Å². The molecule has 112 valence electrons. The van der Waals surface area contributed by atoms with Gasteiger partial charge in [0.25, 0.3) is 5.78 Å². The molecule has 0 bridgehead atoms. The second-order valence-corrected chi connectivity index (χ2v) is 4.29. The van der Waals surface area contributed by atoms with E-state index in [9.17, 15) is 26.7 Å². The van der Waals surface area contributed by atoms with Gasteiger partial charge in [0, 0.05) is 12.6 Å². The number of aromatic nitrogens is 2. The normalized spacial score (nSPS) is 12.5. The number of imidazole rings is 1. The standard InChI is InChI=1S/C13H9F5N2O/c1-20-9(10(21)12(14,15)13(16,17)18)7-19-11(20)8-5-3-2-4-6-8/h2-7H,1H3. The summed E-state index contributed by atoms with van der Waals surface area (Å²) in [5.41, 5.74) is -0.314. The number of ketones is 1. The number of rotatable bonds is 3. The second kappa shape index (κ2) is 4.94. The van der Waals surface area contributed by atoms with Crippen molar-refractivity contribution in [1.82, 2.24) is 9.55 Å². The Labute approximate surface area is 116 Å². The summed E-state index contributed by atoms with van der Waals surface area (Å²) in [7, 11) is 1.20. The van der Waals surface area contributed by atoms with Gasteiger partial charge < -0.3 is 4.57 Å². The molecule has 1 aromatic carbocycles. The van der Waals surface area contributed by atoms with Crippen molar-refractivity contribution in [3.05, 3.63) is 42.2 Å². The third-order valence-electron chi connectivity index (χ3n) is 2.89. The van der Waals surface area contributed by atoms with Gasteiger partial charge in [-0.3, -0.25) is 4.79 Å². The monoisotopic (exact) mass is 304 g/mol. The predicted octanol–water partition coefficient (Wildman–Crippen LogP) is 3.47. The van der Waals surface area contributed by atoms with E-state index in [1.165, 1.54) is 7.05 Å². The molecule has 8 heteroatoms. The van der Waals surface area contributed by atoms with Gasteiger partial charge in [0.15, 0.2) is 0 Å². The van der Waals surface area contributed by atoms with Crippen LogP contribution in [0.2, 0.25) is 0 Å². The van der Waals surface area contributed by atoms with Gasteiger partial charge in [-0.15, -0.1) is 0 Å². The molecule has 0 amide bonds. The van der Waals surface area contributed by atoms with Crippen LogP contribution in [0.1, 0.15) is 10.5 Å². The van der Waals surface area contributed by atoms with Crippen molar-refractivity contribution in [2.45, 2.75) is 12.1 Å². The molecule has 0 saturated heterocycles. The first kappa shape index (κ1) is 15.1. The van der Waals surface area contributed by atoms with Crippen molar-refractivity contribution >= 4 is 5.78 Å². The number of carbonyl (C=O) groups is 1. The predicted molar refractivity (Wildman–Crippen MR) is 64.0 cm³/mol. The zero-order valence-corrected chi connectivity index (χ0v) is 10.7. The summed E-state index contributed by atoms with van der Waals surface area (Å²) in [6.45, 7) is 0. The first-order valence-electron chi connectivity index (χ1n) is 5.72. The van der Waals surface area contributed by atoms with Crippen molar-refractivity contribution in [2.24, 2.45) is 7.05 Å². The van der Waals surface area contributed by atoms with Crippen LogP contribution in [0.15, 0.2) is 36.5 Å². The average Bonchev–Trinajstić information content (AvgIpc) is 2.79. The fourth-order valence-corrected chi connectivity index (χ4v) is 1.77. The molecular weight excluding hydrogens is 295 g/mol. The highest BCUT2D eigenvalue weighted by molar-refractivity contribution is 6.01. The number of alkyl halides is 5. The molecule has 2 aromatic rings. The highest BCUT2D eigenvalue weighted by atomic mass is 19.4. The molecule has 0 N–H and O–H groups in total. The molecule has 21 heavy (non-hydrogen) atoms. The summed E-state index contributed by atoms with van der Waals surface area (Å²) in [5, 5.41) is 0. The smallest absolute Gasteiger partial charge is 0.325 e. The van der Waals surface area contributed by atoms with E-state index in [-0.39, 0.29) is 5.82 Å². The summed E-state index contributed by atoms with van der Waals surface area (Å²) in [4.78, 5) is 15.2. The van der Waals surface area contributed by atoms with E-state index < -0.39 is 23.6 Å². The van der Waals surface area contributed by atoms with Gasteiger partial charge in [-0.05, 0) is 0 Å². The van der Waals surface area contributed by atoms with Gasteiger partial charge in [-0.25, -0.2) is 4.98 Å². The second-order valence-electron chi connectivity index (χ2n) is 4.29. The maximum atomic E-state index is 13.1.